The van der Waals surface area contributed by atoms with Crippen molar-refractivity contribution in [3.05, 3.63) is 12.3 Å². The van der Waals surface area contributed by atoms with Crippen molar-refractivity contribution in [2.75, 3.05) is 0 Å². The van der Waals surface area contributed by atoms with Gasteiger partial charge in [0, 0.05) is 6.08 Å². The summed E-state index contributed by atoms with van der Waals surface area (Å²) in [6, 6.07) is 0. The smallest absolute Gasteiger partial charge is 0.332 e. The fourth-order valence-electron chi connectivity index (χ4n) is 0.860. The summed E-state index contributed by atoms with van der Waals surface area (Å²) in [5.74, 6) is -1.82. The van der Waals surface area contributed by atoms with Crippen LogP contribution in [0.5, 0.6) is 0 Å². The van der Waals surface area contributed by atoms with Gasteiger partial charge in [0.1, 0.15) is 0 Å². The van der Waals surface area contributed by atoms with Crippen LogP contribution in [0.25, 0.3) is 0 Å². The molecule has 0 N–H and O–H groups in total. The molecule has 1 rings (SSSR count). The monoisotopic (exact) mass is 168 g/mol. The SMILES string of the molecule is CC(=O)C1(C)C(=O)C=COC1=O. The molecule has 1 atom stereocenters. The molecule has 0 bridgehead atoms. The summed E-state index contributed by atoms with van der Waals surface area (Å²) in [4.78, 5) is 33.2. The minimum Gasteiger partial charge on any atom is -0.433 e. The molecule has 0 radical (unpaired) electrons. The van der Waals surface area contributed by atoms with Gasteiger partial charge in [-0.25, -0.2) is 0 Å². The van der Waals surface area contributed by atoms with Crippen molar-refractivity contribution in [2.24, 2.45) is 5.41 Å². The third kappa shape index (κ3) is 0.958. The van der Waals surface area contributed by atoms with Gasteiger partial charge in [-0.3, -0.25) is 14.4 Å². The molecule has 0 amide bonds. The predicted molar refractivity (Wildman–Crippen MR) is 39.0 cm³/mol. The van der Waals surface area contributed by atoms with Crippen LogP contribution < -0.4 is 0 Å². The van der Waals surface area contributed by atoms with Gasteiger partial charge in [-0.1, -0.05) is 0 Å². The molecule has 12 heavy (non-hydrogen) atoms. The van der Waals surface area contributed by atoms with Gasteiger partial charge < -0.3 is 4.74 Å². The first-order chi connectivity index (χ1) is 5.49. The zero-order valence-corrected chi connectivity index (χ0v) is 6.79. The molecule has 1 aliphatic heterocycles. The lowest BCUT2D eigenvalue weighted by molar-refractivity contribution is -0.159. The molecule has 0 aromatic rings. The normalized spacial score (nSPS) is 28.5. The number of carbonyl (C=O) groups is 3. The van der Waals surface area contributed by atoms with E-state index >= 15 is 0 Å². The second-order valence-electron chi connectivity index (χ2n) is 2.75. The van der Waals surface area contributed by atoms with Crippen LogP contribution in [0.15, 0.2) is 12.3 Å². The maximum absolute atomic E-state index is 11.2. The van der Waals surface area contributed by atoms with E-state index in [-0.39, 0.29) is 0 Å². The number of Topliss-reactive ketones (excluding diaryl/α,β-unsaturated/α-hetero) is 1. The van der Waals surface area contributed by atoms with Crippen LogP contribution in [0.4, 0.5) is 0 Å². The van der Waals surface area contributed by atoms with E-state index in [0.29, 0.717) is 0 Å². The van der Waals surface area contributed by atoms with Crippen LogP contribution in [0, 0.1) is 5.41 Å². The maximum atomic E-state index is 11.2. The van der Waals surface area contributed by atoms with Gasteiger partial charge in [-0.15, -0.1) is 0 Å². The van der Waals surface area contributed by atoms with Gasteiger partial charge in [-0.2, -0.15) is 0 Å². The second-order valence-corrected chi connectivity index (χ2v) is 2.75. The van der Waals surface area contributed by atoms with Crippen LogP contribution in [-0.4, -0.2) is 17.5 Å². The molecule has 0 aromatic heterocycles. The molecular weight excluding hydrogens is 160 g/mol. The lowest BCUT2D eigenvalue weighted by atomic mass is 9.81. The molecule has 4 heteroatoms. The Hall–Kier alpha value is -1.45. The first kappa shape index (κ1) is 8.64. The van der Waals surface area contributed by atoms with Crippen molar-refractivity contribution >= 4 is 17.5 Å². The number of carbonyl (C=O) groups excluding carboxylic acids is 3. The number of cyclic esters (lactones) is 1. The van der Waals surface area contributed by atoms with E-state index in [4.69, 9.17) is 0 Å². The molecule has 0 aliphatic carbocycles. The first-order valence-corrected chi connectivity index (χ1v) is 3.42. The standard InChI is InChI=1S/C8H8O4/c1-5(9)8(2)6(10)3-4-12-7(8)11/h3-4H,1-2H3. The van der Waals surface area contributed by atoms with E-state index in [1.807, 2.05) is 0 Å². The summed E-state index contributed by atoms with van der Waals surface area (Å²) in [7, 11) is 0. The third-order valence-corrected chi connectivity index (χ3v) is 2.00. The molecule has 1 heterocycles. The lowest BCUT2D eigenvalue weighted by Crippen LogP contribution is -2.44. The number of ketones is 2. The minimum atomic E-state index is -1.63. The molecule has 1 unspecified atom stereocenters. The Balaban J connectivity index is 3.17. The molecule has 64 valence electrons. The summed E-state index contributed by atoms with van der Waals surface area (Å²) in [6.45, 7) is 2.46. The van der Waals surface area contributed by atoms with Crippen LogP contribution in [0.1, 0.15) is 13.8 Å². The van der Waals surface area contributed by atoms with Crippen LogP contribution in [-0.2, 0) is 19.1 Å². The average molecular weight is 168 g/mol. The van der Waals surface area contributed by atoms with Crippen molar-refractivity contribution in [2.45, 2.75) is 13.8 Å². The largest absolute Gasteiger partial charge is 0.433 e. The Bertz CT molecular complexity index is 289. The number of rotatable bonds is 1. The lowest BCUT2D eigenvalue weighted by Gasteiger charge is -2.22. The van der Waals surface area contributed by atoms with Crippen LogP contribution in [0.3, 0.4) is 0 Å². The van der Waals surface area contributed by atoms with Crippen molar-refractivity contribution in [1.82, 2.24) is 0 Å². The number of ether oxygens (including phenoxy) is 1. The first-order valence-electron chi connectivity index (χ1n) is 3.42. The minimum absolute atomic E-state index is 0.498. The van der Waals surface area contributed by atoms with E-state index in [1.54, 1.807) is 0 Å². The van der Waals surface area contributed by atoms with Crippen LogP contribution in [0.2, 0.25) is 0 Å². The number of allylic oxidation sites excluding steroid dienone is 1. The second kappa shape index (κ2) is 2.55. The molecule has 0 fully saturated rings. The fourth-order valence-corrected chi connectivity index (χ4v) is 0.860. The maximum Gasteiger partial charge on any atom is 0.332 e. The van der Waals surface area contributed by atoms with Gasteiger partial charge in [0.2, 0.25) is 0 Å². The van der Waals surface area contributed by atoms with Gasteiger partial charge >= 0.3 is 5.97 Å². The Morgan fingerprint density at radius 2 is 2.08 bits per heavy atom. The predicted octanol–water partition coefficient (Wildman–Crippen LogP) is 0.221. The van der Waals surface area contributed by atoms with Crippen molar-refractivity contribution in [3.63, 3.8) is 0 Å². The molecular formula is C8H8O4. The van der Waals surface area contributed by atoms with Gasteiger partial charge in [-0.05, 0) is 13.8 Å². The summed E-state index contributed by atoms with van der Waals surface area (Å²) in [5, 5.41) is 0. The van der Waals surface area contributed by atoms with E-state index < -0.39 is 23.0 Å². The summed E-state index contributed by atoms with van der Waals surface area (Å²) in [5.41, 5.74) is -1.63. The highest BCUT2D eigenvalue weighted by Crippen LogP contribution is 2.25. The third-order valence-electron chi connectivity index (χ3n) is 2.00. The fraction of sp³-hybridized carbons (Fsp3) is 0.375. The molecule has 0 aromatic carbocycles. The number of esters is 1. The van der Waals surface area contributed by atoms with Gasteiger partial charge in [0.25, 0.3) is 0 Å². The number of hydrogen-bond donors (Lipinski definition) is 0. The quantitative estimate of drug-likeness (QED) is 0.415. The molecule has 1 aliphatic rings. The van der Waals surface area contributed by atoms with E-state index in [9.17, 15) is 14.4 Å². The topological polar surface area (TPSA) is 60.4 Å². The average Bonchev–Trinajstić information content (AvgIpc) is 1.99. The molecule has 0 spiro atoms. The van der Waals surface area contributed by atoms with Gasteiger partial charge in [0.05, 0.1) is 6.26 Å². The highest BCUT2D eigenvalue weighted by atomic mass is 16.5. The van der Waals surface area contributed by atoms with Gasteiger partial charge in [0.15, 0.2) is 17.0 Å². The Morgan fingerprint density at radius 3 is 2.42 bits per heavy atom. The molecule has 0 saturated heterocycles. The van der Waals surface area contributed by atoms with Crippen LogP contribution >= 0.6 is 0 Å². The summed E-state index contributed by atoms with van der Waals surface area (Å²) >= 11 is 0. The van der Waals surface area contributed by atoms with E-state index in [0.717, 1.165) is 12.3 Å². The zero-order valence-electron chi connectivity index (χ0n) is 6.79. The van der Waals surface area contributed by atoms with Crippen molar-refractivity contribution < 1.29 is 19.1 Å². The van der Waals surface area contributed by atoms with Crippen molar-refractivity contribution in [1.29, 1.82) is 0 Å². The Morgan fingerprint density at radius 1 is 1.50 bits per heavy atom. The van der Waals surface area contributed by atoms with Crippen molar-refractivity contribution in [3.8, 4) is 0 Å². The van der Waals surface area contributed by atoms with E-state index in [1.165, 1.54) is 13.8 Å². The highest BCUT2D eigenvalue weighted by molar-refractivity contribution is 6.25. The molecule has 0 saturated carbocycles. The Labute approximate surface area is 69.2 Å². The zero-order chi connectivity index (χ0) is 9.35. The number of hydrogen-bond acceptors (Lipinski definition) is 4. The van der Waals surface area contributed by atoms with E-state index in [2.05, 4.69) is 4.74 Å². The Kier molecular flexibility index (Phi) is 1.84. The summed E-state index contributed by atoms with van der Waals surface area (Å²) in [6.07, 6.45) is 2.08. The highest BCUT2D eigenvalue weighted by Gasteiger charge is 2.47. The summed E-state index contributed by atoms with van der Waals surface area (Å²) < 4.78 is 4.46. The molecule has 4 nitrogen and oxygen atoms in total.